The second kappa shape index (κ2) is 11.1. The molecule has 7 nitrogen and oxygen atoms in total. The van der Waals surface area contributed by atoms with E-state index in [-0.39, 0.29) is 17.7 Å². The lowest BCUT2D eigenvalue weighted by Gasteiger charge is -2.17. The van der Waals surface area contributed by atoms with Crippen LogP contribution in [-0.4, -0.2) is 40.5 Å². The monoisotopic (exact) mass is 462 g/mol. The fourth-order valence-corrected chi connectivity index (χ4v) is 3.89. The highest BCUT2D eigenvalue weighted by Crippen LogP contribution is 2.30. The highest BCUT2D eigenvalue weighted by atomic mass is 16.5. The van der Waals surface area contributed by atoms with Gasteiger partial charge >= 0.3 is 0 Å². The van der Waals surface area contributed by atoms with E-state index < -0.39 is 0 Å². The van der Waals surface area contributed by atoms with E-state index in [2.05, 4.69) is 39.6 Å². The molecular formula is C27H34N4O3. The van der Waals surface area contributed by atoms with Crippen LogP contribution in [0.25, 0.3) is 0 Å². The molecule has 5 rings (SSSR count). The van der Waals surface area contributed by atoms with Crippen LogP contribution >= 0.6 is 0 Å². The van der Waals surface area contributed by atoms with Crippen molar-refractivity contribution in [3.05, 3.63) is 72.1 Å². The van der Waals surface area contributed by atoms with Gasteiger partial charge in [0.25, 0.3) is 5.91 Å². The molecular weight excluding hydrogens is 428 g/mol. The Morgan fingerprint density at radius 2 is 1.79 bits per heavy atom. The second-order valence-corrected chi connectivity index (χ2v) is 9.13. The first-order valence-corrected chi connectivity index (χ1v) is 12.0. The van der Waals surface area contributed by atoms with Gasteiger partial charge in [-0.2, -0.15) is 5.10 Å². The zero-order chi connectivity index (χ0) is 23.9. The molecule has 0 radical (unpaired) electrons. The Balaban J connectivity index is 0.000000162. The molecule has 3 aromatic rings. The van der Waals surface area contributed by atoms with Gasteiger partial charge in [0, 0.05) is 32.0 Å². The van der Waals surface area contributed by atoms with Gasteiger partial charge in [0.15, 0.2) is 0 Å². The zero-order valence-corrected chi connectivity index (χ0v) is 20.0. The molecule has 0 bridgehead atoms. The number of aromatic nitrogens is 2. The summed E-state index contributed by atoms with van der Waals surface area (Å²) >= 11 is 0. The van der Waals surface area contributed by atoms with E-state index in [1.165, 1.54) is 50.7 Å². The van der Waals surface area contributed by atoms with Gasteiger partial charge in [-0.05, 0) is 80.5 Å². The number of phenolic OH excluding ortho intramolecular Hbond substituents is 1. The highest BCUT2D eigenvalue weighted by Gasteiger charge is 2.22. The fraction of sp³-hybridized carbons (Fsp3) is 0.407. The molecule has 1 aromatic heterocycles. The molecule has 2 N–H and O–H groups in total. The first-order valence-electron chi connectivity index (χ1n) is 12.0. The van der Waals surface area contributed by atoms with E-state index in [0.29, 0.717) is 5.56 Å². The van der Waals surface area contributed by atoms with Crippen molar-refractivity contribution in [3.63, 3.8) is 0 Å². The maximum Gasteiger partial charge on any atom is 0.254 e. The molecule has 2 heterocycles. The van der Waals surface area contributed by atoms with Crippen molar-refractivity contribution in [2.24, 2.45) is 13.0 Å². The summed E-state index contributed by atoms with van der Waals surface area (Å²) in [6, 6.07) is 15.2. The number of nitrogens with zero attached hydrogens (tertiary/aromatic N) is 3. The molecule has 0 spiro atoms. The van der Waals surface area contributed by atoms with Crippen molar-refractivity contribution in [3.8, 4) is 11.5 Å². The fourth-order valence-electron chi connectivity index (χ4n) is 3.89. The highest BCUT2D eigenvalue weighted by molar-refractivity contribution is 5.93. The molecule has 1 saturated carbocycles. The predicted octanol–water partition coefficient (Wildman–Crippen LogP) is 4.69. The molecule has 1 amide bonds. The normalized spacial score (nSPS) is 15.9. The quantitative estimate of drug-likeness (QED) is 0.532. The van der Waals surface area contributed by atoms with Crippen LogP contribution in [-0.2, 0) is 7.05 Å². The number of rotatable bonds is 7. The van der Waals surface area contributed by atoms with E-state index in [9.17, 15) is 9.90 Å². The Hall–Kier alpha value is -3.48. The van der Waals surface area contributed by atoms with Crippen LogP contribution in [0.1, 0.15) is 54.6 Å². The number of carbonyl (C=O) groups is 1. The Morgan fingerprint density at radius 1 is 1.12 bits per heavy atom. The minimum atomic E-state index is -0.163. The minimum absolute atomic E-state index is 0.127. The van der Waals surface area contributed by atoms with Gasteiger partial charge in [0.05, 0.1) is 24.4 Å². The SMILES string of the molecule is CC(NC(=O)c1cnn(C)c1)c1ccc(O)cc1.c1cc(N2CCCC2)ccc1OCC1CC1. The number of aryl methyl sites for hydroxylation is 1. The Morgan fingerprint density at radius 3 is 2.38 bits per heavy atom. The number of nitrogens with one attached hydrogen (secondary N) is 1. The third kappa shape index (κ3) is 6.76. The van der Waals surface area contributed by atoms with Gasteiger partial charge in [-0.1, -0.05) is 12.1 Å². The van der Waals surface area contributed by atoms with Crippen molar-refractivity contribution in [1.29, 1.82) is 0 Å². The second-order valence-electron chi connectivity index (χ2n) is 9.13. The number of ether oxygens (including phenoxy) is 1. The number of aromatic hydroxyl groups is 1. The minimum Gasteiger partial charge on any atom is -0.508 e. The van der Waals surface area contributed by atoms with E-state index in [1.54, 1.807) is 42.2 Å². The smallest absolute Gasteiger partial charge is 0.254 e. The molecule has 2 aliphatic rings. The third-order valence-corrected chi connectivity index (χ3v) is 6.20. The summed E-state index contributed by atoms with van der Waals surface area (Å²) in [4.78, 5) is 14.3. The number of benzene rings is 2. The molecule has 1 saturated heterocycles. The van der Waals surface area contributed by atoms with Gasteiger partial charge in [0.1, 0.15) is 11.5 Å². The van der Waals surface area contributed by atoms with Crippen molar-refractivity contribution in [2.45, 2.75) is 38.6 Å². The first kappa shape index (κ1) is 23.7. The van der Waals surface area contributed by atoms with Crippen LogP contribution < -0.4 is 15.0 Å². The molecule has 2 aromatic carbocycles. The number of amides is 1. The van der Waals surface area contributed by atoms with Crippen LogP contribution in [0.3, 0.4) is 0 Å². The van der Waals surface area contributed by atoms with Gasteiger partial charge < -0.3 is 20.1 Å². The van der Waals surface area contributed by atoms with Gasteiger partial charge in [-0.15, -0.1) is 0 Å². The van der Waals surface area contributed by atoms with Gasteiger partial charge in [-0.25, -0.2) is 0 Å². The predicted molar refractivity (Wildman–Crippen MR) is 133 cm³/mol. The third-order valence-electron chi connectivity index (χ3n) is 6.20. The van der Waals surface area contributed by atoms with Crippen molar-refractivity contribution in [2.75, 3.05) is 24.6 Å². The number of anilines is 1. The Kier molecular flexibility index (Phi) is 7.72. The summed E-state index contributed by atoms with van der Waals surface area (Å²) < 4.78 is 7.31. The summed E-state index contributed by atoms with van der Waals surface area (Å²) in [6.07, 6.45) is 8.56. The van der Waals surface area contributed by atoms with Crippen LogP contribution in [0, 0.1) is 5.92 Å². The maximum atomic E-state index is 11.9. The molecule has 1 unspecified atom stereocenters. The number of carbonyl (C=O) groups excluding carboxylic acids is 1. The lowest BCUT2D eigenvalue weighted by Crippen LogP contribution is -2.26. The summed E-state index contributed by atoms with van der Waals surface area (Å²) in [5, 5.41) is 16.0. The van der Waals surface area contributed by atoms with Crippen LogP contribution in [0.15, 0.2) is 60.9 Å². The van der Waals surface area contributed by atoms with Crippen molar-refractivity contribution in [1.82, 2.24) is 15.1 Å². The molecule has 34 heavy (non-hydrogen) atoms. The Labute approximate surface area is 201 Å². The van der Waals surface area contributed by atoms with Crippen LogP contribution in [0.5, 0.6) is 11.5 Å². The largest absolute Gasteiger partial charge is 0.508 e. The number of hydrogen-bond acceptors (Lipinski definition) is 5. The van der Waals surface area contributed by atoms with Crippen LogP contribution in [0.4, 0.5) is 5.69 Å². The molecule has 1 atom stereocenters. The topological polar surface area (TPSA) is 79.6 Å². The van der Waals surface area contributed by atoms with Crippen molar-refractivity contribution >= 4 is 11.6 Å². The van der Waals surface area contributed by atoms with E-state index >= 15 is 0 Å². The van der Waals surface area contributed by atoms with Gasteiger partial charge in [-0.3, -0.25) is 9.48 Å². The van der Waals surface area contributed by atoms with E-state index in [1.807, 2.05) is 6.92 Å². The maximum absolute atomic E-state index is 11.9. The molecule has 2 fully saturated rings. The van der Waals surface area contributed by atoms with E-state index in [4.69, 9.17) is 4.74 Å². The standard InChI is InChI=1S/C14H19NO.C13H15N3O2/c1-2-10-15(9-1)13-5-7-14(8-6-13)16-11-12-3-4-12;1-9(10-3-5-12(17)6-4-10)15-13(18)11-7-14-16(2)8-11/h5-8,12H,1-4,9-11H2;3-9,17H,1-2H3,(H,15,18). The average Bonchev–Trinajstić information content (AvgIpc) is 3.30. The summed E-state index contributed by atoms with van der Waals surface area (Å²) in [7, 11) is 1.76. The van der Waals surface area contributed by atoms with Gasteiger partial charge in [0.2, 0.25) is 0 Å². The van der Waals surface area contributed by atoms with Crippen LogP contribution in [0.2, 0.25) is 0 Å². The summed E-state index contributed by atoms with van der Waals surface area (Å²) in [6.45, 7) is 5.22. The summed E-state index contributed by atoms with van der Waals surface area (Å²) in [5.41, 5.74) is 2.81. The first-order chi connectivity index (χ1) is 16.5. The molecule has 180 valence electrons. The van der Waals surface area contributed by atoms with Crippen molar-refractivity contribution < 1.29 is 14.6 Å². The number of phenols is 1. The Bertz CT molecular complexity index is 1050. The summed E-state index contributed by atoms with van der Waals surface area (Å²) in [5.74, 6) is 1.90. The average molecular weight is 463 g/mol. The lowest BCUT2D eigenvalue weighted by molar-refractivity contribution is 0.0940. The molecule has 1 aliphatic heterocycles. The molecule has 7 heteroatoms. The number of hydrogen-bond donors (Lipinski definition) is 2. The molecule has 1 aliphatic carbocycles. The van der Waals surface area contributed by atoms with E-state index in [0.717, 1.165) is 23.8 Å². The zero-order valence-electron chi connectivity index (χ0n) is 20.0. The lowest BCUT2D eigenvalue weighted by atomic mass is 10.1.